The predicted octanol–water partition coefficient (Wildman–Crippen LogP) is 4.34. The van der Waals surface area contributed by atoms with Crippen molar-refractivity contribution in [3.63, 3.8) is 0 Å². The zero-order valence-corrected chi connectivity index (χ0v) is 16.5. The Kier molecular flexibility index (Phi) is 6.17. The number of urea groups is 1. The maximum atomic E-state index is 13.3. The minimum Gasteiger partial charge on any atom is -0.454 e. The minimum atomic E-state index is -0.260. The molecule has 154 valence electrons. The Bertz CT molecular complexity index is 835. The van der Waals surface area contributed by atoms with Crippen LogP contribution in [0.1, 0.15) is 43.2 Å². The Morgan fingerprint density at radius 3 is 2.45 bits per heavy atom. The third-order valence-corrected chi connectivity index (χ3v) is 5.59. The van der Waals surface area contributed by atoms with Crippen LogP contribution < -0.4 is 20.1 Å². The molecule has 2 N–H and O–H groups in total. The summed E-state index contributed by atoms with van der Waals surface area (Å²) < 4.78 is 24.1. The Labute approximate surface area is 170 Å². The maximum Gasteiger partial charge on any atom is 0.315 e. The fraction of sp³-hybridized carbons (Fsp3) is 0.435. The summed E-state index contributed by atoms with van der Waals surface area (Å²) in [6.07, 6.45) is 6.93. The van der Waals surface area contributed by atoms with E-state index >= 15 is 0 Å². The van der Waals surface area contributed by atoms with Crippen molar-refractivity contribution < 1.29 is 18.7 Å². The number of rotatable bonds is 6. The van der Waals surface area contributed by atoms with Gasteiger partial charge in [0.05, 0.1) is 0 Å². The lowest BCUT2D eigenvalue weighted by Crippen LogP contribution is -2.48. The summed E-state index contributed by atoms with van der Waals surface area (Å²) in [5.74, 6) is 1.21. The molecule has 2 aromatic carbocycles. The first kappa shape index (κ1) is 19.6. The lowest BCUT2D eigenvalue weighted by atomic mass is 9.95. The van der Waals surface area contributed by atoms with E-state index in [1.165, 1.54) is 31.4 Å². The van der Waals surface area contributed by atoms with Gasteiger partial charge in [0.2, 0.25) is 6.79 Å². The average molecular weight is 398 g/mol. The highest BCUT2D eigenvalue weighted by Crippen LogP contribution is 2.33. The first-order valence-corrected chi connectivity index (χ1v) is 10.4. The van der Waals surface area contributed by atoms with Gasteiger partial charge in [0.15, 0.2) is 11.5 Å². The summed E-state index contributed by atoms with van der Waals surface area (Å²) in [7, 11) is 0. The second-order valence-corrected chi connectivity index (χ2v) is 7.87. The molecule has 1 atom stereocenters. The van der Waals surface area contributed by atoms with Gasteiger partial charge in [0.25, 0.3) is 0 Å². The van der Waals surface area contributed by atoms with E-state index in [4.69, 9.17) is 9.47 Å². The molecule has 0 unspecified atom stereocenters. The number of ether oxygens (including phenoxy) is 2. The quantitative estimate of drug-likeness (QED) is 0.761. The molecule has 0 spiro atoms. The number of halogens is 1. The van der Waals surface area contributed by atoms with Crippen molar-refractivity contribution >= 4 is 6.03 Å². The average Bonchev–Trinajstić information content (AvgIpc) is 3.18. The first-order chi connectivity index (χ1) is 14.2. The third-order valence-electron chi connectivity index (χ3n) is 5.59. The molecule has 29 heavy (non-hydrogen) atoms. The maximum absolute atomic E-state index is 13.3. The summed E-state index contributed by atoms with van der Waals surface area (Å²) in [6.45, 7) is 0.236. The standard InChI is InChI=1S/C23H27FN2O3/c24-18-9-6-16(7-10-18)12-20(26-23(27)25-19-4-2-1-3-5-19)13-17-8-11-21-22(14-17)29-15-28-21/h6-11,14,19-20H,1-5,12-13,15H2,(H2,25,26,27)/t20-/m1/s1. The normalized spacial score (nSPS) is 17.0. The van der Waals surface area contributed by atoms with Crippen LogP contribution in [0.3, 0.4) is 0 Å². The Morgan fingerprint density at radius 2 is 1.66 bits per heavy atom. The highest BCUT2D eigenvalue weighted by molar-refractivity contribution is 5.74. The predicted molar refractivity (Wildman–Crippen MR) is 109 cm³/mol. The van der Waals surface area contributed by atoms with E-state index in [9.17, 15) is 9.18 Å². The molecule has 0 saturated heterocycles. The van der Waals surface area contributed by atoms with Crippen LogP contribution in [0.4, 0.5) is 9.18 Å². The fourth-order valence-electron chi connectivity index (χ4n) is 4.09. The molecular weight excluding hydrogens is 371 g/mol. The number of benzene rings is 2. The molecule has 1 aliphatic heterocycles. The van der Waals surface area contributed by atoms with Crippen molar-refractivity contribution in [2.45, 2.75) is 57.0 Å². The molecule has 1 heterocycles. The van der Waals surface area contributed by atoms with Crippen LogP contribution in [0, 0.1) is 5.82 Å². The molecule has 5 nitrogen and oxygen atoms in total. The van der Waals surface area contributed by atoms with Crippen molar-refractivity contribution in [2.75, 3.05) is 6.79 Å². The second-order valence-electron chi connectivity index (χ2n) is 7.87. The largest absolute Gasteiger partial charge is 0.454 e. The molecule has 1 saturated carbocycles. The lowest BCUT2D eigenvalue weighted by Gasteiger charge is -2.25. The zero-order chi connectivity index (χ0) is 20.1. The Morgan fingerprint density at radius 1 is 0.966 bits per heavy atom. The van der Waals surface area contributed by atoms with Gasteiger partial charge in [-0.2, -0.15) is 0 Å². The third kappa shape index (κ3) is 5.40. The zero-order valence-electron chi connectivity index (χ0n) is 16.5. The molecule has 2 aliphatic rings. The summed E-state index contributed by atoms with van der Waals surface area (Å²) in [4.78, 5) is 12.6. The number of hydrogen-bond acceptors (Lipinski definition) is 3. The molecule has 0 aromatic heterocycles. The minimum absolute atomic E-state index is 0.121. The van der Waals surface area contributed by atoms with Crippen molar-refractivity contribution in [2.24, 2.45) is 0 Å². The van der Waals surface area contributed by atoms with Crippen LogP contribution in [0.25, 0.3) is 0 Å². The number of fused-ring (bicyclic) bond motifs is 1. The highest BCUT2D eigenvalue weighted by Gasteiger charge is 2.20. The summed E-state index contributed by atoms with van der Waals surface area (Å²) in [5, 5.41) is 6.24. The van der Waals surface area contributed by atoms with E-state index in [0.717, 1.165) is 35.5 Å². The molecule has 4 rings (SSSR count). The van der Waals surface area contributed by atoms with Crippen LogP contribution in [0.2, 0.25) is 0 Å². The summed E-state index contributed by atoms with van der Waals surface area (Å²) in [6, 6.07) is 12.3. The van der Waals surface area contributed by atoms with Crippen molar-refractivity contribution in [1.82, 2.24) is 10.6 Å². The first-order valence-electron chi connectivity index (χ1n) is 10.4. The van der Waals surface area contributed by atoms with Crippen molar-refractivity contribution in [3.05, 3.63) is 59.4 Å². The van der Waals surface area contributed by atoms with E-state index in [1.807, 2.05) is 18.2 Å². The molecule has 1 aliphatic carbocycles. The second kappa shape index (κ2) is 9.16. The fourth-order valence-corrected chi connectivity index (χ4v) is 4.09. The van der Waals surface area contributed by atoms with Gasteiger partial charge in [0.1, 0.15) is 5.82 Å². The molecular formula is C23H27FN2O3. The van der Waals surface area contributed by atoms with Crippen LogP contribution in [-0.4, -0.2) is 24.9 Å². The van der Waals surface area contributed by atoms with E-state index < -0.39 is 0 Å². The van der Waals surface area contributed by atoms with Gasteiger partial charge in [-0.15, -0.1) is 0 Å². The highest BCUT2D eigenvalue weighted by atomic mass is 19.1. The number of hydrogen-bond donors (Lipinski definition) is 2. The SMILES string of the molecule is O=C(NC1CCCCC1)N[C@H](Cc1ccc(F)cc1)Cc1ccc2c(c1)OCO2. The Hall–Kier alpha value is -2.76. The van der Waals surface area contributed by atoms with E-state index in [1.54, 1.807) is 12.1 Å². The van der Waals surface area contributed by atoms with Gasteiger partial charge < -0.3 is 20.1 Å². The molecule has 2 amide bonds. The van der Waals surface area contributed by atoms with Gasteiger partial charge in [-0.1, -0.05) is 37.5 Å². The van der Waals surface area contributed by atoms with Crippen LogP contribution in [0.5, 0.6) is 11.5 Å². The Balaban J connectivity index is 1.44. The van der Waals surface area contributed by atoms with Gasteiger partial charge in [-0.05, 0) is 61.1 Å². The summed E-state index contributed by atoms with van der Waals surface area (Å²) in [5.41, 5.74) is 2.04. The lowest BCUT2D eigenvalue weighted by molar-refractivity contribution is 0.174. The summed E-state index contributed by atoms with van der Waals surface area (Å²) >= 11 is 0. The molecule has 1 fully saturated rings. The van der Waals surface area contributed by atoms with Crippen LogP contribution in [-0.2, 0) is 12.8 Å². The molecule has 6 heteroatoms. The topological polar surface area (TPSA) is 59.6 Å². The number of carbonyl (C=O) groups is 1. The van der Waals surface area contributed by atoms with Crippen molar-refractivity contribution in [1.29, 1.82) is 0 Å². The van der Waals surface area contributed by atoms with Gasteiger partial charge in [-0.3, -0.25) is 0 Å². The van der Waals surface area contributed by atoms with Gasteiger partial charge >= 0.3 is 6.03 Å². The van der Waals surface area contributed by atoms with Crippen molar-refractivity contribution in [3.8, 4) is 11.5 Å². The van der Waals surface area contributed by atoms with E-state index in [2.05, 4.69) is 10.6 Å². The molecule has 2 aromatic rings. The number of amides is 2. The van der Waals surface area contributed by atoms with Gasteiger partial charge in [0, 0.05) is 12.1 Å². The van der Waals surface area contributed by atoms with Gasteiger partial charge in [-0.25, -0.2) is 9.18 Å². The van der Waals surface area contributed by atoms with Crippen LogP contribution >= 0.6 is 0 Å². The van der Waals surface area contributed by atoms with Crippen LogP contribution in [0.15, 0.2) is 42.5 Å². The smallest absolute Gasteiger partial charge is 0.315 e. The monoisotopic (exact) mass is 398 g/mol. The van der Waals surface area contributed by atoms with E-state index in [-0.39, 0.29) is 30.7 Å². The molecule has 0 radical (unpaired) electrons. The molecule has 0 bridgehead atoms. The van der Waals surface area contributed by atoms with E-state index in [0.29, 0.717) is 12.8 Å². The number of nitrogens with one attached hydrogen (secondary N) is 2. The number of carbonyl (C=O) groups excluding carboxylic acids is 1.